The maximum absolute atomic E-state index is 9.27. The minimum Gasteiger partial charge on any atom is -0.394 e. The third kappa shape index (κ3) is 2.16. The Hall–Kier alpha value is 0.190. The van der Waals surface area contributed by atoms with E-state index >= 15 is 0 Å². The molecule has 6 nitrogen and oxygen atoms in total. The Balaban J connectivity index is 2.66. The minimum atomic E-state index is -1.38. The Kier molecular flexibility index (Phi) is 4.00. The van der Waals surface area contributed by atoms with Gasteiger partial charge in [0.15, 0.2) is 6.29 Å². The molecule has 0 radical (unpaired) electrons. The van der Waals surface area contributed by atoms with Crippen LogP contribution in [0.15, 0.2) is 0 Å². The molecule has 0 saturated carbocycles. The normalized spacial score (nSPS) is 46.4. The monoisotopic (exact) mass is 212 g/mol. The molecule has 1 rings (SSSR count). The molecule has 1 saturated heterocycles. The molecule has 0 aromatic rings. The molecule has 1 aliphatic rings. The SMILES string of the molecule is OCC1O[C@@H](OP)[C@@H](O)C(O)[C@@H]1O. The zero-order chi connectivity index (χ0) is 10.0. The third-order valence-corrected chi connectivity index (χ3v) is 2.25. The van der Waals surface area contributed by atoms with E-state index in [1.165, 1.54) is 0 Å². The standard InChI is InChI=1S/C6H13O6P/c7-1-2-3(8)4(9)5(10)6(11-2)12-13/h2-10H,1,13H2/t2?,3-,4?,5+,6+/m1/s1. The average Bonchev–Trinajstić information content (AvgIpc) is 2.15. The fourth-order valence-corrected chi connectivity index (χ4v) is 1.40. The lowest BCUT2D eigenvalue weighted by molar-refractivity contribution is -0.274. The maximum Gasteiger partial charge on any atom is 0.189 e. The summed E-state index contributed by atoms with van der Waals surface area (Å²) < 4.78 is 9.54. The van der Waals surface area contributed by atoms with Gasteiger partial charge in [-0.15, -0.1) is 0 Å². The zero-order valence-electron chi connectivity index (χ0n) is 6.78. The van der Waals surface area contributed by atoms with E-state index in [1.54, 1.807) is 0 Å². The summed E-state index contributed by atoms with van der Waals surface area (Å²) in [5.41, 5.74) is 0. The molecule has 0 spiro atoms. The van der Waals surface area contributed by atoms with Crippen molar-refractivity contribution in [2.75, 3.05) is 6.61 Å². The molecule has 0 aliphatic carbocycles. The summed E-state index contributed by atoms with van der Waals surface area (Å²) in [4.78, 5) is 0. The van der Waals surface area contributed by atoms with Gasteiger partial charge in [-0.3, -0.25) is 0 Å². The zero-order valence-corrected chi connectivity index (χ0v) is 7.93. The Labute approximate surface area is 77.4 Å². The van der Waals surface area contributed by atoms with Crippen LogP contribution in [-0.4, -0.2) is 57.7 Å². The van der Waals surface area contributed by atoms with Crippen molar-refractivity contribution < 1.29 is 29.7 Å². The van der Waals surface area contributed by atoms with Crippen LogP contribution in [0.1, 0.15) is 0 Å². The van der Waals surface area contributed by atoms with Gasteiger partial charge in [0.25, 0.3) is 0 Å². The van der Waals surface area contributed by atoms with Crippen molar-refractivity contribution in [1.29, 1.82) is 0 Å². The average molecular weight is 212 g/mol. The summed E-state index contributed by atoms with van der Waals surface area (Å²) in [5.74, 6) is 0. The summed E-state index contributed by atoms with van der Waals surface area (Å²) in [5, 5.41) is 36.5. The van der Waals surface area contributed by atoms with Gasteiger partial charge in [0.05, 0.1) is 6.61 Å². The molecule has 0 aromatic carbocycles. The van der Waals surface area contributed by atoms with Gasteiger partial charge in [-0.2, -0.15) is 0 Å². The minimum absolute atomic E-state index is 0.449. The van der Waals surface area contributed by atoms with Crippen LogP contribution in [0.4, 0.5) is 0 Å². The van der Waals surface area contributed by atoms with Gasteiger partial charge in [-0.25, -0.2) is 0 Å². The van der Waals surface area contributed by atoms with Crippen molar-refractivity contribution in [2.24, 2.45) is 0 Å². The van der Waals surface area contributed by atoms with Crippen molar-refractivity contribution >= 4 is 9.47 Å². The van der Waals surface area contributed by atoms with Crippen molar-refractivity contribution in [3.8, 4) is 0 Å². The van der Waals surface area contributed by atoms with Crippen LogP contribution in [0.2, 0.25) is 0 Å². The second-order valence-electron chi connectivity index (χ2n) is 2.83. The van der Waals surface area contributed by atoms with Crippen LogP contribution in [0.3, 0.4) is 0 Å². The van der Waals surface area contributed by atoms with Gasteiger partial charge in [0.2, 0.25) is 0 Å². The summed E-state index contributed by atoms with van der Waals surface area (Å²) in [7, 11) is 1.88. The molecule has 1 heterocycles. The summed E-state index contributed by atoms with van der Waals surface area (Å²) in [6, 6.07) is 0. The lowest BCUT2D eigenvalue weighted by Gasteiger charge is -2.38. The first-order valence-electron chi connectivity index (χ1n) is 3.78. The molecule has 3 unspecified atom stereocenters. The van der Waals surface area contributed by atoms with Crippen LogP contribution < -0.4 is 0 Å². The lowest BCUT2D eigenvalue weighted by atomic mass is 10.00. The predicted octanol–water partition coefficient (Wildman–Crippen LogP) is -2.41. The molecule has 0 amide bonds. The first-order valence-corrected chi connectivity index (χ1v) is 4.25. The van der Waals surface area contributed by atoms with Gasteiger partial charge < -0.3 is 29.7 Å². The molecule has 1 aliphatic heterocycles. The van der Waals surface area contributed by atoms with Crippen molar-refractivity contribution in [3.63, 3.8) is 0 Å². The van der Waals surface area contributed by atoms with E-state index in [0.717, 1.165) is 0 Å². The smallest absolute Gasteiger partial charge is 0.189 e. The number of aliphatic hydroxyl groups is 4. The molecule has 1 fully saturated rings. The van der Waals surface area contributed by atoms with Gasteiger partial charge in [0, 0.05) is 9.47 Å². The Morgan fingerprint density at radius 1 is 1.15 bits per heavy atom. The summed E-state index contributed by atoms with van der Waals surface area (Å²) in [6.07, 6.45) is -6.01. The molecule has 7 heteroatoms. The highest BCUT2D eigenvalue weighted by atomic mass is 31.0. The number of rotatable bonds is 2. The topological polar surface area (TPSA) is 99.4 Å². The third-order valence-electron chi connectivity index (χ3n) is 1.98. The van der Waals surface area contributed by atoms with Gasteiger partial charge >= 0.3 is 0 Å². The fourth-order valence-electron chi connectivity index (χ4n) is 1.18. The fraction of sp³-hybridized carbons (Fsp3) is 1.00. The molecule has 6 atom stereocenters. The van der Waals surface area contributed by atoms with Crippen molar-refractivity contribution in [1.82, 2.24) is 0 Å². The van der Waals surface area contributed by atoms with E-state index in [1.807, 2.05) is 9.47 Å². The van der Waals surface area contributed by atoms with Gasteiger partial charge in [0.1, 0.15) is 24.4 Å². The molecule has 4 N–H and O–H groups in total. The van der Waals surface area contributed by atoms with Crippen LogP contribution in [-0.2, 0) is 9.26 Å². The highest BCUT2D eigenvalue weighted by molar-refractivity contribution is 7.09. The largest absolute Gasteiger partial charge is 0.394 e. The van der Waals surface area contributed by atoms with Crippen molar-refractivity contribution in [2.45, 2.75) is 30.7 Å². The van der Waals surface area contributed by atoms with Crippen LogP contribution in [0, 0.1) is 0 Å². The predicted molar refractivity (Wildman–Crippen MR) is 44.6 cm³/mol. The molecule has 0 aromatic heterocycles. The second-order valence-corrected chi connectivity index (χ2v) is 3.11. The van der Waals surface area contributed by atoms with E-state index in [4.69, 9.17) is 9.84 Å². The molecule has 13 heavy (non-hydrogen) atoms. The summed E-state index contributed by atoms with van der Waals surface area (Å²) >= 11 is 0. The molecular weight excluding hydrogens is 199 g/mol. The van der Waals surface area contributed by atoms with Crippen LogP contribution in [0.25, 0.3) is 0 Å². The number of aliphatic hydroxyl groups excluding tert-OH is 4. The number of hydrogen-bond acceptors (Lipinski definition) is 6. The Morgan fingerprint density at radius 3 is 2.23 bits per heavy atom. The van der Waals surface area contributed by atoms with Gasteiger partial charge in [-0.1, -0.05) is 0 Å². The van der Waals surface area contributed by atoms with E-state index in [-0.39, 0.29) is 0 Å². The van der Waals surface area contributed by atoms with E-state index in [9.17, 15) is 15.3 Å². The van der Waals surface area contributed by atoms with Gasteiger partial charge in [-0.05, 0) is 0 Å². The first-order chi connectivity index (χ1) is 6.11. The highest BCUT2D eigenvalue weighted by Gasteiger charge is 2.43. The van der Waals surface area contributed by atoms with Crippen molar-refractivity contribution in [3.05, 3.63) is 0 Å². The quantitative estimate of drug-likeness (QED) is 0.381. The molecular formula is C6H13O6P. The van der Waals surface area contributed by atoms with E-state index in [0.29, 0.717) is 0 Å². The number of hydrogen-bond donors (Lipinski definition) is 4. The van der Waals surface area contributed by atoms with Crippen LogP contribution >= 0.6 is 9.47 Å². The van der Waals surface area contributed by atoms with E-state index < -0.39 is 37.3 Å². The lowest BCUT2D eigenvalue weighted by Crippen LogP contribution is -2.58. The maximum atomic E-state index is 9.27. The first kappa shape index (κ1) is 11.3. The summed E-state index contributed by atoms with van der Waals surface area (Å²) in [6.45, 7) is -0.449. The second kappa shape index (κ2) is 4.61. The highest BCUT2D eigenvalue weighted by Crippen LogP contribution is 2.22. The molecule has 78 valence electrons. The van der Waals surface area contributed by atoms with Crippen LogP contribution in [0.5, 0.6) is 0 Å². The molecule has 0 bridgehead atoms. The number of ether oxygens (including phenoxy) is 1. The Morgan fingerprint density at radius 2 is 1.77 bits per heavy atom. The Bertz CT molecular complexity index is 147. The van der Waals surface area contributed by atoms with E-state index in [2.05, 4.69) is 4.52 Å².